The number of nitrogens with one attached hydrogen (secondary N) is 2. The molecule has 0 bridgehead atoms. The van der Waals surface area contributed by atoms with Crippen molar-refractivity contribution in [3.8, 4) is 0 Å². The summed E-state index contributed by atoms with van der Waals surface area (Å²) < 4.78 is 5.76. The third-order valence-corrected chi connectivity index (χ3v) is 4.33. The number of H-pyrrole nitrogens is 1. The number of aromatic nitrogens is 1. The van der Waals surface area contributed by atoms with Crippen LogP contribution in [-0.4, -0.2) is 54.7 Å². The van der Waals surface area contributed by atoms with Crippen molar-refractivity contribution in [1.29, 1.82) is 0 Å². The van der Waals surface area contributed by atoms with Crippen molar-refractivity contribution in [2.75, 3.05) is 32.8 Å². The van der Waals surface area contributed by atoms with Gasteiger partial charge < -0.3 is 15.0 Å². The second kappa shape index (κ2) is 7.80. The molecular weight excluding hydrogens is 318 g/mol. The van der Waals surface area contributed by atoms with Gasteiger partial charge in [0.05, 0.1) is 18.3 Å². The molecule has 0 unspecified atom stereocenters. The Bertz CT molecular complexity index is 800. The van der Waals surface area contributed by atoms with Crippen LogP contribution in [0.3, 0.4) is 0 Å². The van der Waals surface area contributed by atoms with E-state index in [1.165, 1.54) is 6.07 Å². The summed E-state index contributed by atoms with van der Waals surface area (Å²) in [6.45, 7) is 8.30. The number of carbonyl (C=O) groups is 1. The van der Waals surface area contributed by atoms with Gasteiger partial charge in [0, 0.05) is 43.1 Å². The van der Waals surface area contributed by atoms with E-state index in [0.29, 0.717) is 30.1 Å². The standard InChI is InChI=1S/C19H25N3O3/c1-13(2)11-22-7-8-25-14(12-22)10-20-19(24)16-9-18(23)21-17-6-4-3-5-15(16)17/h3-6,9,13-14H,7-8,10-12H2,1-2H3,(H,20,24)(H,21,23)/t14-/m0/s1. The first-order valence-corrected chi connectivity index (χ1v) is 8.77. The first-order chi connectivity index (χ1) is 12.0. The molecule has 1 aliphatic heterocycles. The predicted octanol–water partition coefficient (Wildman–Crippen LogP) is 1.61. The number of hydrogen-bond acceptors (Lipinski definition) is 4. The number of para-hydroxylation sites is 1. The van der Waals surface area contributed by atoms with Crippen molar-refractivity contribution < 1.29 is 9.53 Å². The predicted molar refractivity (Wildman–Crippen MR) is 97.9 cm³/mol. The van der Waals surface area contributed by atoms with Crippen molar-refractivity contribution in [2.24, 2.45) is 5.92 Å². The van der Waals surface area contributed by atoms with Crippen LogP contribution in [0.15, 0.2) is 35.1 Å². The van der Waals surface area contributed by atoms with Crippen LogP contribution in [0.25, 0.3) is 10.9 Å². The summed E-state index contributed by atoms with van der Waals surface area (Å²) in [7, 11) is 0. The minimum atomic E-state index is -0.277. The lowest BCUT2D eigenvalue weighted by Crippen LogP contribution is -2.48. The van der Waals surface area contributed by atoms with E-state index in [-0.39, 0.29) is 17.6 Å². The molecule has 6 heteroatoms. The molecule has 25 heavy (non-hydrogen) atoms. The number of rotatable bonds is 5. The minimum Gasteiger partial charge on any atom is -0.374 e. The average molecular weight is 343 g/mol. The molecule has 0 saturated carbocycles. The van der Waals surface area contributed by atoms with Crippen LogP contribution in [0.4, 0.5) is 0 Å². The number of nitrogens with zero attached hydrogens (tertiary/aromatic N) is 1. The fourth-order valence-corrected chi connectivity index (χ4v) is 3.28. The topological polar surface area (TPSA) is 74.4 Å². The average Bonchev–Trinajstić information content (AvgIpc) is 2.58. The zero-order valence-electron chi connectivity index (χ0n) is 14.7. The Morgan fingerprint density at radius 3 is 3.00 bits per heavy atom. The first kappa shape index (κ1) is 17.6. The highest BCUT2D eigenvalue weighted by molar-refractivity contribution is 6.05. The van der Waals surface area contributed by atoms with Gasteiger partial charge in [0.15, 0.2) is 0 Å². The fourth-order valence-electron chi connectivity index (χ4n) is 3.28. The highest BCUT2D eigenvalue weighted by Crippen LogP contribution is 2.14. The molecule has 1 aromatic carbocycles. The zero-order chi connectivity index (χ0) is 17.8. The van der Waals surface area contributed by atoms with E-state index in [1.807, 2.05) is 18.2 Å². The lowest BCUT2D eigenvalue weighted by atomic mass is 10.1. The van der Waals surface area contributed by atoms with E-state index in [0.717, 1.165) is 25.0 Å². The number of carbonyl (C=O) groups excluding carboxylic acids is 1. The molecule has 1 amide bonds. The monoisotopic (exact) mass is 343 g/mol. The normalized spacial score (nSPS) is 18.6. The van der Waals surface area contributed by atoms with Crippen LogP contribution in [-0.2, 0) is 4.74 Å². The molecule has 1 atom stereocenters. The summed E-state index contributed by atoms with van der Waals surface area (Å²) in [6.07, 6.45) is -0.0234. The third-order valence-electron chi connectivity index (χ3n) is 4.33. The first-order valence-electron chi connectivity index (χ1n) is 8.77. The van der Waals surface area contributed by atoms with E-state index in [9.17, 15) is 9.59 Å². The number of aromatic amines is 1. The zero-order valence-corrected chi connectivity index (χ0v) is 14.7. The Balaban J connectivity index is 1.66. The van der Waals surface area contributed by atoms with Gasteiger partial charge in [0.1, 0.15) is 0 Å². The molecule has 6 nitrogen and oxygen atoms in total. The van der Waals surface area contributed by atoms with Gasteiger partial charge in [-0.05, 0) is 12.0 Å². The Morgan fingerprint density at radius 2 is 2.20 bits per heavy atom. The van der Waals surface area contributed by atoms with Crippen molar-refractivity contribution in [3.63, 3.8) is 0 Å². The molecule has 0 aliphatic carbocycles. The van der Waals surface area contributed by atoms with Gasteiger partial charge in [0.2, 0.25) is 5.56 Å². The molecule has 3 rings (SSSR count). The second-order valence-corrected chi connectivity index (χ2v) is 6.95. The van der Waals surface area contributed by atoms with Crippen molar-refractivity contribution in [3.05, 3.63) is 46.2 Å². The van der Waals surface area contributed by atoms with E-state index >= 15 is 0 Å². The van der Waals surface area contributed by atoms with E-state index in [1.54, 1.807) is 6.07 Å². The summed E-state index contributed by atoms with van der Waals surface area (Å²) in [4.78, 5) is 29.5. The Hall–Kier alpha value is -2.18. The Labute approximate surface area is 147 Å². The van der Waals surface area contributed by atoms with Gasteiger partial charge in [0.25, 0.3) is 5.91 Å². The van der Waals surface area contributed by atoms with Gasteiger partial charge in [-0.15, -0.1) is 0 Å². The molecule has 0 spiro atoms. The van der Waals surface area contributed by atoms with Gasteiger partial charge in [-0.3, -0.25) is 14.5 Å². The number of benzene rings is 1. The summed E-state index contributed by atoms with van der Waals surface area (Å²) in [5, 5.41) is 3.66. The Kier molecular flexibility index (Phi) is 5.50. The van der Waals surface area contributed by atoms with Crippen LogP contribution in [0.1, 0.15) is 24.2 Å². The highest BCUT2D eigenvalue weighted by Gasteiger charge is 2.22. The van der Waals surface area contributed by atoms with Crippen molar-refractivity contribution in [2.45, 2.75) is 20.0 Å². The third kappa shape index (κ3) is 4.46. The summed E-state index contributed by atoms with van der Waals surface area (Å²) >= 11 is 0. The molecule has 2 aromatic rings. The molecule has 2 heterocycles. The molecule has 1 saturated heterocycles. The molecule has 1 aromatic heterocycles. The van der Waals surface area contributed by atoms with Crippen molar-refractivity contribution >= 4 is 16.8 Å². The van der Waals surface area contributed by atoms with E-state index in [2.05, 4.69) is 29.0 Å². The van der Waals surface area contributed by atoms with Crippen LogP contribution < -0.4 is 10.9 Å². The minimum absolute atomic E-state index is 0.0234. The maximum absolute atomic E-state index is 12.6. The Morgan fingerprint density at radius 1 is 1.40 bits per heavy atom. The smallest absolute Gasteiger partial charge is 0.252 e. The number of ether oxygens (including phenoxy) is 1. The molecular formula is C19H25N3O3. The van der Waals surface area contributed by atoms with Gasteiger partial charge in [-0.25, -0.2) is 0 Å². The summed E-state index contributed by atoms with van der Waals surface area (Å²) in [6, 6.07) is 8.66. The van der Waals surface area contributed by atoms with Crippen LogP contribution in [0.2, 0.25) is 0 Å². The summed E-state index contributed by atoms with van der Waals surface area (Å²) in [5.41, 5.74) is 0.784. The second-order valence-electron chi connectivity index (χ2n) is 6.95. The van der Waals surface area contributed by atoms with Gasteiger partial charge in [-0.1, -0.05) is 32.0 Å². The van der Waals surface area contributed by atoms with Gasteiger partial charge in [-0.2, -0.15) is 0 Å². The van der Waals surface area contributed by atoms with E-state index < -0.39 is 0 Å². The van der Waals surface area contributed by atoms with E-state index in [4.69, 9.17) is 4.74 Å². The largest absolute Gasteiger partial charge is 0.374 e. The summed E-state index contributed by atoms with van der Waals surface area (Å²) in [5.74, 6) is 0.364. The van der Waals surface area contributed by atoms with Crippen molar-refractivity contribution in [1.82, 2.24) is 15.2 Å². The lowest BCUT2D eigenvalue weighted by Gasteiger charge is -2.33. The highest BCUT2D eigenvalue weighted by atomic mass is 16.5. The molecule has 1 aliphatic rings. The maximum Gasteiger partial charge on any atom is 0.252 e. The maximum atomic E-state index is 12.6. The fraction of sp³-hybridized carbons (Fsp3) is 0.474. The number of morpholine rings is 1. The number of fused-ring (bicyclic) bond motifs is 1. The number of pyridine rings is 1. The number of amides is 1. The molecule has 134 valence electrons. The lowest BCUT2D eigenvalue weighted by molar-refractivity contribution is -0.0295. The molecule has 2 N–H and O–H groups in total. The molecule has 0 radical (unpaired) electrons. The van der Waals surface area contributed by atoms with Crippen LogP contribution in [0.5, 0.6) is 0 Å². The number of hydrogen-bond donors (Lipinski definition) is 2. The van der Waals surface area contributed by atoms with Crippen LogP contribution >= 0.6 is 0 Å². The van der Waals surface area contributed by atoms with Crippen LogP contribution in [0, 0.1) is 5.92 Å². The molecule has 1 fully saturated rings. The quantitative estimate of drug-likeness (QED) is 0.865. The van der Waals surface area contributed by atoms with Gasteiger partial charge >= 0.3 is 0 Å². The SMILES string of the molecule is CC(C)CN1CCO[C@@H](CNC(=O)c2cc(=O)[nH]c3ccccc23)C1.